The zero-order valence-corrected chi connectivity index (χ0v) is 18.3. The minimum atomic E-state index is -0.430. The summed E-state index contributed by atoms with van der Waals surface area (Å²) >= 11 is 0. The zero-order valence-electron chi connectivity index (χ0n) is 18.3. The number of hydrogen-bond donors (Lipinski definition) is 0. The van der Waals surface area contributed by atoms with E-state index >= 15 is 0 Å². The van der Waals surface area contributed by atoms with Gasteiger partial charge in [0.25, 0.3) is 0 Å². The van der Waals surface area contributed by atoms with Gasteiger partial charge in [-0.05, 0) is 57.6 Å². The first-order valence-electron chi connectivity index (χ1n) is 11.4. The smallest absolute Gasteiger partial charge is 0.132 e. The monoisotopic (exact) mass is 433 g/mol. The van der Waals surface area contributed by atoms with Gasteiger partial charge in [0, 0.05) is 11.1 Å². The molecule has 1 spiro atoms. The van der Waals surface area contributed by atoms with Crippen LogP contribution in [0.3, 0.4) is 0 Å². The first-order chi connectivity index (χ1) is 16.8. The van der Waals surface area contributed by atoms with Crippen molar-refractivity contribution in [2.75, 3.05) is 0 Å². The van der Waals surface area contributed by atoms with Gasteiger partial charge in [0.1, 0.15) is 11.5 Å². The summed E-state index contributed by atoms with van der Waals surface area (Å²) in [5.41, 5.74) is 9.81. The summed E-state index contributed by atoms with van der Waals surface area (Å²) in [6.07, 6.45) is 0. The van der Waals surface area contributed by atoms with Crippen LogP contribution < -0.4 is 4.74 Å². The lowest BCUT2D eigenvalue weighted by atomic mass is 9.66. The van der Waals surface area contributed by atoms with Gasteiger partial charge in [0.05, 0.1) is 17.0 Å². The molecule has 2 nitrogen and oxygen atoms in total. The molecule has 0 saturated carbocycles. The lowest BCUT2D eigenvalue weighted by Crippen LogP contribution is -2.32. The lowest BCUT2D eigenvalue weighted by molar-refractivity contribution is 0.436. The number of hydrogen-bond acceptors (Lipinski definition) is 2. The largest absolute Gasteiger partial charge is 0.457 e. The SMILES string of the molecule is N#Cc1ccc(-c2ccc3c(c2)Oc2ccccc2C32c3ccccc3-c3ccccc32)cc1. The second-order valence-corrected chi connectivity index (χ2v) is 8.84. The molecule has 34 heavy (non-hydrogen) atoms. The van der Waals surface area contributed by atoms with Gasteiger partial charge in [-0.1, -0.05) is 91.0 Å². The van der Waals surface area contributed by atoms with Gasteiger partial charge in [0.15, 0.2) is 0 Å². The number of benzene rings is 5. The molecule has 0 radical (unpaired) electrons. The summed E-state index contributed by atoms with van der Waals surface area (Å²) in [6.45, 7) is 0. The van der Waals surface area contributed by atoms with Crippen molar-refractivity contribution >= 4 is 0 Å². The molecule has 5 aromatic rings. The van der Waals surface area contributed by atoms with E-state index in [2.05, 4.69) is 91.0 Å². The Bertz CT molecular complexity index is 1590. The molecule has 5 aromatic carbocycles. The third-order valence-corrected chi connectivity index (χ3v) is 7.20. The second kappa shape index (κ2) is 6.94. The Morgan fingerprint density at radius 3 is 1.76 bits per heavy atom. The quantitative estimate of drug-likeness (QED) is 0.266. The highest BCUT2D eigenvalue weighted by Crippen LogP contribution is 2.62. The minimum Gasteiger partial charge on any atom is -0.457 e. The van der Waals surface area contributed by atoms with Crippen molar-refractivity contribution in [3.63, 3.8) is 0 Å². The number of rotatable bonds is 1. The van der Waals surface area contributed by atoms with E-state index < -0.39 is 5.41 Å². The van der Waals surface area contributed by atoms with Crippen LogP contribution in [-0.2, 0) is 5.41 Å². The molecule has 0 saturated heterocycles. The van der Waals surface area contributed by atoms with Crippen LogP contribution in [0.4, 0.5) is 0 Å². The van der Waals surface area contributed by atoms with Crippen LogP contribution in [-0.4, -0.2) is 0 Å². The van der Waals surface area contributed by atoms with Crippen LogP contribution in [0.2, 0.25) is 0 Å². The van der Waals surface area contributed by atoms with E-state index in [1.165, 1.54) is 27.8 Å². The fraction of sp³-hybridized carbons (Fsp3) is 0.0312. The molecule has 0 unspecified atom stereocenters. The van der Waals surface area contributed by atoms with Crippen LogP contribution in [0, 0.1) is 11.3 Å². The van der Waals surface area contributed by atoms with E-state index in [1.807, 2.05) is 30.3 Å². The molecule has 0 fully saturated rings. The maximum Gasteiger partial charge on any atom is 0.132 e. The van der Waals surface area contributed by atoms with Gasteiger partial charge in [-0.25, -0.2) is 0 Å². The summed E-state index contributed by atoms with van der Waals surface area (Å²) < 4.78 is 6.55. The van der Waals surface area contributed by atoms with Gasteiger partial charge in [-0.2, -0.15) is 5.26 Å². The number of nitrogens with zero attached hydrogens (tertiary/aromatic N) is 1. The summed E-state index contributed by atoms with van der Waals surface area (Å²) in [7, 11) is 0. The van der Waals surface area contributed by atoms with Crippen molar-refractivity contribution in [1.82, 2.24) is 0 Å². The molecule has 1 aliphatic heterocycles. The van der Waals surface area contributed by atoms with E-state index in [9.17, 15) is 0 Å². The number of nitriles is 1. The van der Waals surface area contributed by atoms with Crippen LogP contribution in [0.1, 0.15) is 27.8 Å². The molecular formula is C32H19NO. The average Bonchev–Trinajstić information content (AvgIpc) is 3.20. The molecule has 1 heterocycles. The van der Waals surface area contributed by atoms with Crippen molar-refractivity contribution in [1.29, 1.82) is 5.26 Å². The van der Waals surface area contributed by atoms with E-state index in [4.69, 9.17) is 10.00 Å². The third kappa shape index (κ3) is 2.39. The first kappa shape index (κ1) is 18.9. The standard InChI is InChI=1S/C32H19NO/c33-20-21-13-15-22(16-14-21)23-17-18-29-31(19-23)34-30-12-6-5-11-28(30)32(29)26-9-3-1-7-24(26)25-8-2-4-10-27(25)32/h1-19H. The highest BCUT2D eigenvalue weighted by atomic mass is 16.5. The molecule has 0 N–H and O–H groups in total. The van der Waals surface area contributed by atoms with Gasteiger partial charge in [-0.3, -0.25) is 0 Å². The fourth-order valence-corrected chi connectivity index (χ4v) is 5.78. The molecule has 158 valence electrons. The van der Waals surface area contributed by atoms with E-state index in [-0.39, 0.29) is 0 Å². The lowest BCUT2D eigenvalue weighted by Gasteiger charge is -2.39. The predicted octanol–water partition coefficient (Wildman–Crippen LogP) is 7.69. The molecule has 7 rings (SSSR count). The Balaban J connectivity index is 1.54. The maximum absolute atomic E-state index is 9.16. The van der Waals surface area contributed by atoms with Crippen LogP contribution in [0.15, 0.2) is 115 Å². The van der Waals surface area contributed by atoms with Crippen molar-refractivity contribution in [2.24, 2.45) is 0 Å². The van der Waals surface area contributed by atoms with Crippen molar-refractivity contribution < 1.29 is 4.74 Å². The zero-order chi connectivity index (χ0) is 22.7. The summed E-state index contributed by atoms with van der Waals surface area (Å²) in [5.74, 6) is 1.76. The highest BCUT2D eigenvalue weighted by molar-refractivity contribution is 5.88. The molecule has 1 aliphatic carbocycles. The highest BCUT2D eigenvalue weighted by Gasteiger charge is 2.50. The molecule has 0 aromatic heterocycles. The molecule has 2 heteroatoms. The maximum atomic E-state index is 9.16. The van der Waals surface area contributed by atoms with Crippen LogP contribution >= 0.6 is 0 Å². The van der Waals surface area contributed by atoms with E-state index in [1.54, 1.807) is 0 Å². The number of fused-ring (bicyclic) bond motifs is 9. The van der Waals surface area contributed by atoms with Crippen molar-refractivity contribution in [2.45, 2.75) is 5.41 Å². The van der Waals surface area contributed by atoms with Crippen molar-refractivity contribution in [3.05, 3.63) is 143 Å². The fourth-order valence-electron chi connectivity index (χ4n) is 5.78. The molecule has 0 atom stereocenters. The van der Waals surface area contributed by atoms with Crippen LogP contribution in [0.5, 0.6) is 11.5 Å². The Morgan fingerprint density at radius 1 is 0.529 bits per heavy atom. The molecular weight excluding hydrogens is 414 g/mol. The molecule has 0 bridgehead atoms. The predicted molar refractivity (Wildman–Crippen MR) is 134 cm³/mol. The van der Waals surface area contributed by atoms with E-state index in [0.717, 1.165) is 28.2 Å². The van der Waals surface area contributed by atoms with Gasteiger partial charge >= 0.3 is 0 Å². The molecule has 2 aliphatic rings. The van der Waals surface area contributed by atoms with Crippen molar-refractivity contribution in [3.8, 4) is 39.8 Å². The summed E-state index contributed by atoms with van der Waals surface area (Å²) in [5, 5.41) is 9.16. The Hall–Kier alpha value is -4.61. The minimum absolute atomic E-state index is 0.430. The Labute approximate surface area is 198 Å². The Morgan fingerprint density at radius 2 is 1.09 bits per heavy atom. The number of para-hydroxylation sites is 1. The topological polar surface area (TPSA) is 33.0 Å². The first-order valence-corrected chi connectivity index (χ1v) is 11.4. The normalized spacial score (nSPS) is 13.7. The summed E-state index contributed by atoms with van der Waals surface area (Å²) in [6, 6.07) is 42.3. The number of ether oxygens (including phenoxy) is 1. The second-order valence-electron chi connectivity index (χ2n) is 8.84. The van der Waals surface area contributed by atoms with Gasteiger partial charge < -0.3 is 4.74 Å². The third-order valence-electron chi connectivity index (χ3n) is 7.20. The Kier molecular flexibility index (Phi) is 3.86. The van der Waals surface area contributed by atoms with Gasteiger partial charge in [0.2, 0.25) is 0 Å². The molecule has 0 amide bonds. The van der Waals surface area contributed by atoms with Crippen LogP contribution in [0.25, 0.3) is 22.3 Å². The summed E-state index contributed by atoms with van der Waals surface area (Å²) in [4.78, 5) is 0. The van der Waals surface area contributed by atoms with Gasteiger partial charge in [-0.15, -0.1) is 0 Å². The van der Waals surface area contributed by atoms with E-state index in [0.29, 0.717) is 5.56 Å². The average molecular weight is 434 g/mol.